The zero-order valence-electron chi connectivity index (χ0n) is 23.1. The first-order valence-electron chi connectivity index (χ1n) is 12.5. The van der Waals surface area contributed by atoms with Crippen LogP contribution in [0.4, 0.5) is 4.79 Å². The van der Waals surface area contributed by atoms with Crippen molar-refractivity contribution in [2.75, 3.05) is 13.7 Å². The maximum Gasteiger partial charge on any atom is 0.408 e. The van der Waals surface area contributed by atoms with Gasteiger partial charge < -0.3 is 25.0 Å². The summed E-state index contributed by atoms with van der Waals surface area (Å²) in [5.41, 5.74) is 0.943. The summed E-state index contributed by atoms with van der Waals surface area (Å²) in [6.07, 6.45) is 0.730. The van der Waals surface area contributed by atoms with Crippen LogP contribution in [0.1, 0.15) is 79.0 Å². The molecule has 1 aromatic carbocycles. The van der Waals surface area contributed by atoms with Crippen molar-refractivity contribution in [1.29, 1.82) is 0 Å². The maximum atomic E-state index is 14.0. The molecule has 36 heavy (non-hydrogen) atoms. The van der Waals surface area contributed by atoms with Crippen molar-refractivity contribution >= 4 is 23.9 Å². The van der Waals surface area contributed by atoms with Crippen LogP contribution in [0.25, 0.3) is 0 Å². The van der Waals surface area contributed by atoms with Gasteiger partial charge in [-0.25, -0.2) is 4.79 Å². The van der Waals surface area contributed by atoms with Gasteiger partial charge in [0.2, 0.25) is 11.8 Å². The highest BCUT2D eigenvalue weighted by molar-refractivity contribution is 5.93. The molecule has 2 N–H and O–H groups in total. The van der Waals surface area contributed by atoms with Crippen molar-refractivity contribution in [3.8, 4) is 0 Å². The minimum absolute atomic E-state index is 0.229. The topological polar surface area (TPSA) is 114 Å². The summed E-state index contributed by atoms with van der Waals surface area (Å²) in [5.74, 6) is -1.77. The number of nitrogens with one attached hydrogen (secondary N) is 2. The molecule has 9 heteroatoms. The lowest BCUT2D eigenvalue weighted by Crippen LogP contribution is -2.57. The average Bonchev–Trinajstić information content (AvgIpc) is 2.81. The van der Waals surface area contributed by atoms with E-state index in [1.807, 2.05) is 45.0 Å². The zero-order valence-corrected chi connectivity index (χ0v) is 23.1. The van der Waals surface area contributed by atoms with E-state index in [0.29, 0.717) is 12.0 Å². The zero-order chi connectivity index (χ0) is 27.6. The monoisotopic (exact) mass is 505 g/mol. The number of carbonyl (C=O) groups is 4. The lowest BCUT2D eigenvalue weighted by molar-refractivity contribution is -0.146. The average molecular weight is 506 g/mol. The van der Waals surface area contributed by atoms with Gasteiger partial charge in [0.25, 0.3) is 0 Å². The standard InChI is InChI=1S/C27H43N3O6/c1-10-18(5)22(29-26(34)36-27(6,7)8)25(33)30(17(3)4)23(24(32)28-16-21(31)35-9)20-14-12-19(11-2)13-15-20/h12-15,17-18,22-23H,10-11,16H2,1-9H3,(H,28,32)(H,29,34). The summed E-state index contributed by atoms with van der Waals surface area (Å²) < 4.78 is 10.0. The van der Waals surface area contributed by atoms with E-state index < -0.39 is 47.6 Å². The molecule has 0 saturated carbocycles. The summed E-state index contributed by atoms with van der Waals surface area (Å²) in [4.78, 5) is 53.2. The normalized spacial score (nSPS) is 13.8. The minimum Gasteiger partial charge on any atom is -0.468 e. The largest absolute Gasteiger partial charge is 0.468 e. The highest BCUT2D eigenvalue weighted by Gasteiger charge is 2.39. The van der Waals surface area contributed by atoms with E-state index in [1.165, 1.54) is 12.0 Å². The summed E-state index contributed by atoms with van der Waals surface area (Å²) in [6, 6.07) is 5.09. The lowest BCUT2D eigenvalue weighted by atomic mass is 9.94. The molecule has 1 rings (SSSR count). The summed E-state index contributed by atoms with van der Waals surface area (Å²) >= 11 is 0. The number of aryl methyl sites for hydroxylation is 1. The van der Waals surface area contributed by atoms with Gasteiger partial charge in [0.05, 0.1) is 7.11 Å². The molecule has 0 saturated heterocycles. The third kappa shape index (κ3) is 9.17. The predicted molar refractivity (Wildman–Crippen MR) is 138 cm³/mol. The van der Waals surface area contributed by atoms with Gasteiger partial charge in [0, 0.05) is 6.04 Å². The van der Waals surface area contributed by atoms with Gasteiger partial charge in [-0.15, -0.1) is 0 Å². The molecule has 0 spiro atoms. The van der Waals surface area contributed by atoms with Gasteiger partial charge >= 0.3 is 12.1 Å². The van der Waals surface area contributed by atoms with Crippen molar-refractivity contribution in [3.63, 3.8) is 0 Å². The predicted octanol–water partition coefficient (Wildman–Crippen LogP) is 3.76. The Balaban J connectivity index is 3.48. The molecule has 0 radical (unpaired) electrons. The second kappa shape index (κ2) is 13.8. The molecule has 0 aliphatic heterocycles. The first kappa shape index (κ1) is 30.9. The van der Waals surface area contributed by atoms with Crippen LogP contribution < -0.4 is 10.6 Å². The molecule has 3 amide bonds. The van der Waals surface area contributed by atoms with Gasteiger partial charge in [0.1, 0.15) is 24.2 Å². The Hall–Kier alpha value is -3.10. The molecule has 0 fully saturated rings. The van der Waals surface area contributed by atoms with Crippen LogP contribution in [0, 0.1) is 5.92 Å². The van der Waals surface area contributed by atoms with Gasteiger partial charge in [-0.1, -0.05) is 51.5 Å². The van der Waals surface area contributed by atoms with E-state index in [4.69, 9.17) is 4.74 Å². The van der Waals surface area contributed by atoms with E-state index in [2.05, 4.69) is 15.4 Å². The van der Waals surface area contributed by atoms with Gasteiger partial charge in [-0.2, -0.15) is 0 Å². The molecule has 1 aromatic rings. The van der Waals surface area contributed by atoms with Crippen LogP contribution in [0.5, 0.6) is 0 Å². The van der Waals surface area contributed by atoms with Crippen molar-refractivity contribution in [2.24, 2.45) is 5.92 Å². The maximum absolute atomic E-state index is 14.0. The van der Waals surface area contributed by atoms with Crippen LogP contribution in [0.15, 0.2) is 24.3 Å². The molecular formula is C27H43N3O6. The number of amides is 3. The fourth-order valence-corrected chi connectivity index (χ4v) is 3.66. The molecule has 3 unspecified atom stereocenters. The lowest BCUT2D eigenvalue weighted by Gasteiger charge is -2.38. The summed E-state index contributed by atoms with van der Waals surface area (Å²) in [5, 5.41) is 5.31. The molecule has 9 nitrogen and oxygen atoms in total. The highest BCUT2D eigenvalue weighted by atomic mass is 16.6. The number of benzene rings is 1. The van der Waals surface area contributed by atoms with Crippen LogP contribution >= 0.6 is 0 Å². The molecule has 0 aliphatic rings. The van der Waals surface area contributed by atoms with Gasteiger partial charge in [-0.3, -0.25) is 14.4 Å². The Morgan fingerprint density at radius 3 is 2.03 bits per heavy atom. The van der Waals surface area contributed by atoms with Crippen molar-refractivity contribution in [1.82, 2.24) is 15.5 Å². The second-order valence-electron chi connectivity index (χ2n) is 10.1. The molecular weight excluding hydrogens is 462 g/mol. The van der Waals surface area contributed by atoms with E-state index in [0.717, 1.165) is 12.0 Å². The molecule has 0 bridgehead atoms. The van der Waals surface area contributed by atoms with Gasteiger partial charge in [0.15, 0.2) is 0 Å². The van der Waals surface area contributed by atoms with Gasteiger partial charge in [-0.05, 0) is 58.1 Å². The molecule has 3 atom stereocenters. The highest BCUT2D eigenvalue weighted by Crippen LogP contribution is 2.27. The third-order valence-corrected chi connectivity index (χ3v) is 5.83. The van der Waals surface area contributed by atoms with Crippen molar-refractivity contribution < 1.29 is 28.7 Å². The van der Waals surface area contributed by atoms with Crippen molar-refractivity contribution in [2.45, 2.75) is 92.0 Å². The second-order valence-corrected chi connectivity index (χ2v) is 10.1. The fourth-order valence-electron chi connectivity index (χ4n) is 3.66. The van der Waals surface area contributed by atoms with E-state index in [1.54, 1.807) is 34.6 Å². The van der Waals surface area contributed by atoms with E-state index >= 15 is 0 Å². The number of hydrogen-bond acceptors (Lipinski definition) is 6. The minimum atomic E-state index is -1.03. The number of nitrogens with zero attached hydrogens (tertiary/aromatic N) is 1. The third-order valence-electron chi connectivity index (χ3n) is 5.83. The summed E-state index contributed by atoms with van der Waals surface area (Å²) in [7, 11) is 1.23. The Bertz CT molecular complexity index is 892. The first-order valence-corrected chi connectivity index (χ1v) is 12.5. The first-order chi connectivity index (χ1) is 16.7. The Morgan fingerprint density at radius 2 is 1.58 bits per heavy atom. The molecule has 0 aromatic heterocycles. The number of methoxy groups -OCH3 is 1. The SMILES string of the molecule is CCc1ccc(C(C(=O)NCC(=O)OC)N(C(=O)C(NC(=O)OC(C)(C)C)C(C)CC)C(C)C)cc1. The van der Waals surface area contributed by atoms with Crippen LogP contribution in [-0.4, -0.2) is 60.1 Å². The van der Waals surface area contributed by atoms with Crippen LogP contribution in [-0.2, 0) is 30.3 Å². The van der Waals surface area contributed by atoms with Crippen LogP contribution in [0.3, 0.4) is 0 Å². The van der Waals surface area contributed by atoms with Crippen molar-refractivity contribution in [3.05, 3.63) is 35.4 Å². The number of alkyl carbamates (subject to hydrolysis) is 1. The quantitative estimate of drug-likeness (QED) is 0.443. The molecule has 202 valence electrons. The number of hydrogen-bond donors (Lipinski definition) is 2. The summed E-state index contributed by atoms with van der Waals surface area (Å²) in [6.45, 7) is 14.3. The van der Waals surface area contributed by atoms with E-state index in [-0.39, 0.29) is 12.5 Å². The molecule has 0 heterocycles. The number of carbonyl (C=O) groups excluding carboxylic acids is 4. The molecule has 0 aliphatic carbocycles. The number of rotatable bonds is 11. The number of esters is 1. The van der Waals surface area contributed by atoms with Crippen LogP contribution in [0.2, 0.25) is 0 Å². The smallest absolute Gasteiger partial charge is 0.408 e. The fraction of sp³-hybridized carbons (Fsp3) is 0.630. The Morgan fingerprint density at radius 1 is 1.00 bits per heavy atom. The number of ether oxygens (including phenoxy) is 2. The van der Waals surface area contributed by atoms with E-state index in [9.17, 15) is 19.2 Å². The Labute approximate surface area is 215 Å². The Kier molecular flexibility index (Phi) is 11.9.